The molecule has 2 rings (SSSR count). The van der Waals surface area contributed by atoms with E-state index in [1.54, 1.807) is 11.3 Å². The van der Waals surface area contributed by atoms with E-state index in [2.05, 4.69) is 13.8 Å². The average Bonchev–Trinajstić information content (AvgIpc) is 2.86. The molecule has 1 aromatic heterocycles. The third-order valence-corrected chi connectivity index (χ3v) is 5.42. The molecule has 1 aliphatic rings. The highest BCUT2D eigenvalue weighted by atomic mass is 32.1. The molecule has 0 radical (unpaired) electrons. The molecule has 0 bridgehead atoms. The van der Waals surface area contributed by atoms with Crippen LogP contribution in [0.1, 0.15) is 47.8 Å². The molecule has 1 aliphatic heterocycles. The zero-order valence-corrected chi connectivity index (χ0v) is 15.0. The first-order chi connectivity index (χ1) is 10.2. The second kappa shape index (κ2) is 6.41. The van der Waals surface area contributed by atoms with E-state index in [9.17, 15) is 9.59 Å². The van der Waals surface area contributed by atoms with Crippen LogP contribution in [0.5, 0.6) is 0 Å². The minimum atomic E-state index is -0.354. The number of aryl methyl sites for hydroxylation is 2. The Kier molecular flexibility index (Phi) is 4.95. The Bertz CT molecular complexity index is 564. The highest BCUT2D eigenvalue weighted by Gasteiger charge is 2.31. The number of nitrogens with zero attached hydrogens (tertiary/aromatic N) is 2. The summed E-state index contributed by atoms with van der Waals surface area (Å²) < 4.78 is 0. The molecule has 2 heterocycles. The molecular weight excluding hydrogens is 296 g/mol. The van der Waals surface area contributed by atoms with Crippen LogP contribution in [0.3, 0.4) is 0 Å². The fourth-order valence-electron chi connectivity index (χ4n) is 2.72. The first-order valence-electron chi connectivity index (χ1n) is 7.92. The van der Waals surface area contributed by atoms with Crippen LogP contribution >= 0.6 is 11.3 Å². The van der Waals surface area contributed by atoms with Crippen LogP contribution in [-0.4, -0.2) is 47.8 Å². The second-order valence-corrected chi connectivity index (χ2v) is 8.04. The quantitative estimate of drug-likeness (QED) is 0.840. The molecule has 2 amide bonds. The van der Waals surface area contributed by atoms with Gasteiger partial charge >= 0.3 is 0 Å². The van der Waals surface area contributed by atoms with Crippen LogP contribution < -0.4 is 0 Å². The van der Waals surface area contributed by atoms with E-state index < -0.39 is 0 Å². The highest BCUT2D eigenvalue weighted by Crippen LogP contribution is 2.25. The van der Waals surface area contributed by atoms with Crippen molar-refractivity contribution in [3.05, 3.63) is 21.4 Å². The van der Waals surface area contributed by atoms with E-state index in [1.165, 1.54) is 10.4 Å². The summed E-state index contributed by atoms with van der Waals surface area (Å²) in [4.78, 5) is 30.7. The van der Waals surface area contributed by atoms with E-state index >= 15 is 0 Å². The van der Waals surface area contributed by atoms with Gasteiger partial charge in [0.05, 0.1) is 4.88 Å². The molecule has 0 spiro atoms. The van der Waals surface area contributed by atoms with Crippen LogP contribution in [-0.2, 0) is 11.2 Å². The van der Waals surface area contributed by atoms with Gasteiger partial charge in [-0.15, -0.1) is 11.3 Å². The Balaban J connectivity index is 1.99. The number of carbonyl (C=O) groups excluding carboxylic acids is 2. The van der Waals surface area contributed by atoms with Crippen LogP contribution in [0.25, 0.3) is 0 Å². The monoisotopic (exact) mass is 322 g/mol. The molecule has 0 aliphatic carbocycles. The van der Waals surface area contributed by atoms with Crippen molar-refractivity contribution in [1.29, 1.82) is 0 Å². The van der Waals surface area contributed by atoms with Gasteiger partial charge in [0.2, 0.25) is 5.91 Å². The van der Waals surface area contributed by atoms with Gasteiger partial charge < -0.3 is 9.80 Å². The normalized spacial score (nSPS) is 16.0. The minimum Gasteiger partial charge on any atom is -0.339 e. The van der Waals surface area contributed by atoms with Gasteiger partial charge in [0.25, 0.3) is 5.91 Å². The Hall–Kier alpha value is -1.36. The predicted molar refractivity (Wildman–Crippen MR) is 90.4 cm³/mol. The molecule has 0 aromatic carbocycles. The molecule has 1 aromatic rings. The molecular formula is C17H26N2O2S. The van der Waals surface area contributed by atoms with Gasteiger partial charge in [-0.1, -0.05) is 27.7 Å². The van der Waals surface area contributed by atoms with Crippen LogP contribution in [0, 0.1) is 12.3 Å². The van der Waals surface area contributed by atoms with Crippen molar-refractivity contribution in [2.45, 2.75) is 41.0 Å². The number of carbonyl (C=O) groups is 2. The lowest BCUT2D eigenvalue weighted by molar-refractivity contribution is -0.140. The lowest BCUT2D eigenvalue weighted by Gasteiger charge is -2.37. The van der Waals surface area contributed by atoms with Crippen molar-refractivity contribution < 1.29 is 9.59 Å². The van der Waals surface area contributed by atoms with E-state index in [1.807, 2.05) is 36.6 Å². The summed E-state index contributed by atoms with van der Waals surface area (Å²) in [5, 5.41) is 0. The van der Waals surface area contributed by atoms with Gasteiger partial charge in [-0.3, -0.25) is 9.59 Å². The predicted octanol–water partition coefficient (Wildman–Crippen LogP) is 2.95. The molecule has 0 unspecified atom stereocenters. The Morgan fingerprint density at radius 3 is 2.14 bits per heavy atom. The van der Waals surface area contributed by atoms with Crippen molar-refractivity contribution in [2.75, 3.05) is 26.2 Å². The molecule has 1 saturated heterocycles. The number of piperazine rings is 1. The number of hydrogen-bond donors (Lipinski definition) is 0. The summed E-state index contributed by atoms with van der Waals surface area (Å²) in [7, 11) is 0. The summed E-state index contributed by atoms with van der Waals surface area (Å²) >= 11 is 1.60. The van der Waals surface area contributed by atoms with Gasteiger partial charge in [-0.2, -0.15) is 0 Å². The molecule has 0 atom stereocenters. The second-order valence-electron chi connectivity index (χ2n) is 6.90. The molecule has 4 nitrogen and oxygen atoms in total. The van der Waals surface area contributed by atoms with Crippen LogP contribution in [0.4, 0.5) is 0 Å². The third-order valence-electron chi connectivity index (χ3n) is 4.05. The van der Waals surface area contributed by atoms with E-state index in [4.69, 9.17) is 0 Å². The summed E-state index contributed by atoms with van der Waals surface area (Å²) in [6.45, 7) is 12.5. The largest absolute Gasteiger partial charge is 0.339 e. The number of amides is 2. The molecule has 5 heteroatoms. The number of rotatable bonds is 2. The zero-order chi connectivity index (χ0) is 16.5. The van der Waals surface area contributed by atoms with Crippen molar-refractivity contribution in [1.82, 2.24) is 9.80 Å². The molecule has 22 heavy (non-hydrogen) atoms. The van der Waals surface area contributed by atoms with Crippen LogP contribution in [0.15, 0.2) is 6.07 Å². The van der Waals surface area contributed by atoms with E-state index in [0.29, 0.717) is 26.2 Å². The van der Waals surface area contributed by atoms with Crippen molar-refractivity contribution in [3.8, 4) is 0 Å². The van der Waals surface area contributed by atoms with Gasteiger partial charge in [0.15, 0.2) is 0 Å². The standard InChI is InChI=1S/C17H26N2O2S/c1-6-13-12(2)11-14(22-13)15(20)18-7-9-19(10-8-18)16(21)17(3,4)5/h11H,6-10H2,1-5H3. The summed E-state index contributed by atoms with van der Waals surface area (Å²) in [6, 6.07) is 2.00. The van der Waals surface area contributed by atoms with E-state index in [-0.39, 0.29) is 17.2 Å². The van der Waals surface area contributed by atoms with Crippen molar-refractivity contribution >= 4 is 23.2 Å². The fourth-order valence-corrected chi connectivity index (χ4v) is 3.80. The molecule has 1 fully saturated rings. The van der Waals surface area contributed by atoms with E-state index in [0.717, 1.165) is 11.3 Å². The summed E-state index contributed by atoms with van der Waals surface area (Å²) in [5.41, 5.74) is 0.852. The van der Waals surface area contributed by atoms with Crippen molar-refractivity contribution in [3.63, 3.8) is 0 Å². The highest BCUT2D eigenvalue weighted by molar-refractivity contribution is 7.14. The molecule has 0 saturated carbocycles. The fraction of sp³-hybridized carbons (Fsp3) is 0.647. The lowest BCUT2D eigenvalue weighted by Crippen LogP contribution is -2.52. The SMILES string of the molecule is CCc1sc(C(=O)N2CCN(C(=O)C(C)(C)C)CC2)cc1C. The number of thiophene rings is 1. The van der Waals surface area contributed by atoms with Gasteiger partial charge in [-0.05, 0) is 25.0 Å². The third kappa shape index (κ3) is 3.51. The summed E-state index contributed by atoms with van der Waals surface area (Å²) in [6.07, 6.45) is 0.970. The first kappa shape index (κ1) is 17.0. The number of hydrogen-bond acceptors (Lipinski definition) is 3. The Morgan fingerprint density at radius 2 is 1.68 bits per heavy atom. The Labute approximate surface area is 137 Å². The molecule has 122 valence electrons. The first-order valence-corrected chi connectivity index (χ1v) is 8.73. The van der Waals surface area contributed by atoms with Crippen molar-refractivity contribution in [2.24, 2.45) is 5.41 Å². The van der Waals surface area contributed by atoms with Gasteiger partial charge in [0, 0.05) is 36.5 Å². The smallest absolute Gasteiger partial charge is 0.264 e. The summed E-state index contributed by atoms with van der Waals surface area (Å²) in [5.74, 6) is 0.274. The molecule has 0 N–H and O–H groups in total. The topological polar surface area (TPSA) is 40.6 Å². The zero-order valence-electron chi connectivity index (χ0n) is 14.2. The maximum Gasteiger partial charge on any atom is 0.264 e. The maximum absolute atomic E-state index is 12.6. The van der Waals surface area contributed by atoms with Gasteiger partial charge in [0.1, 0.15) is 0 Å². The lowest BCUT2D eigenvalue weighted by atomic mass is 9.94. The maximum atomic E-state index is 12.6. The van der Waals surface area contributed by atoms with Gasteiger partial charge in [-0.25, -0.2) is 0 Å². The average molecular weight is 322 g/mol. The minimum absolute atomic E-state index is 0.107. The Morgan fingerprint density at radius 1 is 1.14 bits per heavy atom. The van der Waals surface area contributed by atoms with Crippen LogP contribution in [0.2, 0.25) is 0 Å².